The monoisotopic (exact) mass is 337 g/mol. The van der Waals surface area contributed by atoms with E-state index in [1.807, 2.05) is 30.0 Å². The lowest BCUT2D eigenvalue weighted by Gasteiger charge is -2.25. The van der Waals surface area contributed by atoms with Crippen LogP contribution >= 0.6 is 11.8 Å². The first kappa shape index (κ1) is 19.7. The van der Waals surface area contributed by atoms with Crippen LogP contribution in [0, 0.1) is 0 Å². The maximum absolute atomic E-state index is 6.03. The Morgan fingerprint density at radius 3 is 2.35 bits per heavy atom. The number of hydrogen-bond acceptors (Lipinski definition) is 3. The van der Waals surface area contributed by atoms with Gasteiger partial charge in [-0.1, -0.05) is 18.2 Å². The summed E-state index contributed by atoms with van der Waals surface area (Å²) in [7, 11) is 1.79. The van der Waals surface area contributed by atoms with Crippen molar-refractivity contribution in [3.8, 4) is 5.75 Å². The summed E-state index contributed by atoms with van der Waals surface area (Å²) in [5.41, 5.74) is 0.910. The Balaban J connectivity index is 2.66. The number of benzene rings is 1. The number of ether oxygens (including phenoxy) is 1. The average Bonchev–Trinajstić information content (AvgIpc) is 2.47. The van der Waals surface area contributed by atoms with E-state index in [0.717, 1.165) is 23.8 Å². The number of nitrogens with zero attached hydrogens (tertiary/aromatic N) is 1. The van der Waals surface area contributed by atoms with E-state index in [1.54, 1.807) is 7.05 Å². The fourth-order valence-electron chi connectivity index (χ4n) is 1.85. The van der Waals surface area contributed by atoms with Crippen LogP contribution in [0.15, 0.2) is 29.3 Å². The largest absolute Gasteiger partial charge is 0.488 e. The van der Waals surface area contributed by atoms with Crippen molar-refractivity contribution in [1.29, 1.82) is 0 Å². The summed E-state index contributed by atoms with van der Waals surface area (Å²) in [4.78, 5) is 4.29. The van der Waals surface area contributed by atoms with Gasteiger partial charge in [0.1, 0.15) is 11.4 Å². The minimum absolute atomic E-state index is 0.172. The zero-order chi connectivity index (χ0) is 17.5. The van der Waals surface area contributed by atoms with Gasteiger partial charge in [-0.05, 0) is 46.9 Å². The first-order valence-electron chi connectivity index (χ1n) is 7.93. The molecule has 0 aromatic heterocycles. The molecule has 0 saturated heterocycles. The molecule has 0 amide bonds. The molecule has 1 aromatic carbocycles. The van der Waals surface area contributed by atoms with Crippen LogP contribution in [0.4, 0.5) is 0 Å². The Morgan fingerprint density at radius 1 is 1.13 bits per heavy atom. The lowest BCUT2D eigenvalue weighted by molar-refractivity contribution is 0.129. The molecular formula is C18H31N3OS. The highest BCUT2D eigenvalue weighted by molar-refractivity contribution is 7.99. The van der Waals surface area contributed by atoms with Crippen molar-refractivity contribution in [3.63, 3.8) is 0 Å². The predicted molar refractivity (Wildman–Crippen MR) is 103 cm³/mol. The maximum Gasteiger partial charge on any atom is 0.191 e. The molecular weight excluding hydrogens is 306 g/mol. The van der Waals surface area contributed by atoms with Gasteiger partial charge < -0.3 is 15.4 Å². The van der Waals surface area contributed by atoms with E-state index < -0.39 is 0 Å². The molecule has 0 aliphatic rings. The molecule has 0 atom stereocenters. The first-order chi connectivity index (χ1) is 10.7. The highest BCUT2D eigenvalue weighted by atomic mass is 32.2. The number of para-hydroxylation sites is 1. The van der Waals surface area contributed by atoms with Crippen LogP contribution in [0.5, 0.6) is 5.75 Å². The van der Waals surface area contributed by atoms with Crippen LogP contribution in [0.3, 0.4) is 0 Å². The summed E-state index contributed by atoms with van der Waals surface area (Å²) >= 11 is 1.84. The number of aliphatic imine (C=N–C) groups is 1. The maximum atomic E-state index is 6.03. The summed E-state index contributed by atoms with van der Waals surface area (Å²) < 4.78 is 6.20. The van der Waals surface area contributed by atoms with E-state index in [4.69, 9.17) is 4.74 Å². The molecule has 0 heterocycles. The highest BCUT2D eigenvalue weighted by Gasteiger charge is 2.17. The van der Waals surface area contributed by atoms with Gasteiger partial charge in [-0.25, -0.2) is 0 Å². The molecule has 1 aromatic rings. The minimum Gasteiger partial charge on any atom is -0.488 e. The van der Waals surface area contributed by atoms with Crippen molar-refractivity contribution in [2.24, 2.45) is 4.99 Å². The molecule has 0 saturated carbocycles. The van der Waals surface area contributed by atoms with E-state index in [2.05, 4.69) is 62.6 Å². The van der Waals surface area contributed by atoms with E-state index in [-0.39, 0.29) is 10.3 Å². The van der Waals surface area contributed by atoms with E-state index >= 15 is 0 Å². The smallest absolute Gasteiger partial charge is 0.191 e. The molecule has 0 aliphatic heterocycles. The molecule has 23 heavy (non-hydrogen) atoms. The average molecular weight is 338 g/mol. The second-order valence-electron chi connectivity index (χ2n) is 7.07. The minimum atomic E-state index is -0.210. The predicted octanol–water partition coefficient (Wildman–Crippen LogP) is 3.67. The van der Waals surface area contributed by atoms with E-state index in [1.165, 1.54) is 0 Å². The molecule has 1 rings (SSSR count). The van der Waals surface area contributed by atoms with Gasteiger partial charge in [0.15, 0.2) is 5.96 Å². The fourth-order valence-corrected chi connectivity index (χ4v) is 2.06. The molecule has 0 fully saturated rings. The van der Waals surface area contributed by atoms with Crippen molar-refractivity contribution >= 4 is 17.7 Å². The summed E-state index contributed by atoms with van der Waals surface area (Å²) in [6, 6.07) is 8.11. The topological polar surface area (TPSA) is 45.7 Å². The number of nitrogens with one attached hydrogen (secondary N) is 2. The summed E-state index contributed by atoms with van der Waals surface area (Å²) in [6.07, 6.45) is 2.12. The van der Waals surface area contributed by atoms with Crippen LogP contribution in [0.2, 0.25) is 0 Å². The van der Waals surface area contributed by atoms with Gasteiger partial charge in [0.05, 0.1) is 0 Å². The normalized spacial score (nSPS) is 12.9. The second kappa shape index (κ2) is 8.48. The Hall–Kier alpha value is -1.36. The van der Waals surface area contributed by atoms with Gasteiger partial charge in [-0.3, -0.25) is 4.99 Å². The SMILES string of the molecule is CN=C(NCc1ccccc1OC(C)(C)C)NCC(C)(C)SC. The molecule has 0 radical (unpaired) electrons. The second-order valence-corrected chi connectivity index (χ2v) is 8.58. The third-order valence-electron chi connectivity index (χ3n) is 3.29. The molecule has 0 bridgehead atoms. The standard InChI is InChI=1S/C18H31N3OS/c1-17(2,3)22-15-11-9-8-10-14(15)12-20-16(19-6)21-13-18(4,5)23-7/h8-11H,12-13H2,1-7H3,(H2,19,20,21). The van der Waals surface area contributed by atoms with Gasteiger partial charge >= 0.3 is 0 Å². The Morgan fingerprint density at radius 2 is 1.78 bits per heavy atom. The first-order valence-corrected chi connectivity index (χ1v) is 9.16. The van der Waals surface area contributed by atoms with Gasteiger partial charge in [-0.15, -0.1) is 0 Å². The summed E-state index contributed by atoms with van der Waals surface area (Å²) in [6.45, 7) is 12.1. The van der Waals surface area contributed by atoms with Crippen LogP contribution in [0.1, 0.15) is 40.2 Å². The summed E-state index contributed by atoms with van der Waals surface area (Å²) in [5, 5.41) is 6.73. The van der Waals surface area contributed by atoms with Crippen LogP contribution in [-0.2, 0) is 6.54 Å². The van der Waals surface area contributed by atoms with Gasteiger partial charge in [0.2, 0.25) is 0 Å². The van der Waals surface area contributed by atoms with Crippen LogP contribution in [-0.4, -0.2) is 36.2 Å². The van der Waals surface area contributed by atoms with Crippen molar-refractivity contribution in [2.75, 3.05) is 19.8 Å². The van der Waals surface area contributed by atoms with Crippen molar-refractivity contribution < 1.29 is 4.74 Å². The van der Waals surface area contributed by atoms with Gasteiger partial charge in [0.25, 0.3) is 0 Å². The number of guanidine groups is 1. The fraction of sp³-hybridized carbons (Fsp3) is 0.611. The zero-order valence-electron chi connectivity index (χ0n) is 15.5. The van der Waals surface area contributed by atoms with Crippen molar-refractivity contribution in [2.45, 2.75) is 51.5 Å². The van der Waals surface area contributed by atoms with Crippen LogP contribution in [0.25, 0.3) is 0 Å². The number of hydrogen-bond donors (Lipinski definition) is 2. The molecule has 2 N–H and O–H groups in total. The Labute approximate surface area is 145 Å². The third kappa shape index (κ3) is 7.64. The van der Waals surface area contributed by atoms with E-state index in [0.29, 0.717) is 6.54 Å². The summed E-state index contributed by atoms with van der Waals surface area (Å²) in [5.74, 6) is 1.71. The third-order valence-corrected chi connectivity index (χ3v) is 4.54. The molecule has 0 aliphatic carbocycles. The quantitative estimate of drug-likeness (QED) is 0.614. The van der Waals surface area contributed by atoms with Gasteiger partial charge in [-0.2, -0.15) is 11.8 Å². The lowest BCUT2D eigenvalue weighted by Crippen LogP contribution is -2.43. The Bertz CT molecular complexity index is 521. The highest BCUT2D eigenvalue weighted by Crippen LogP contribution is 2.23. The lowest BCUT2D eigenvalue weighted by atomic mass is 10.1. The van der Waals surface area contributed by atoms with Gasteiger partial charge in [0, 0.05) is 30.4 Å². The molecule has 4 nitrogen and oxygen atoms in total. The number of thioether (sulfide) groups is 1. The van der Waals surface area contributed by atoms with Crippen molar-refractivity contribution in [3.05, 3.63) is 29.8 Å². The molecule has 5 heteroatoms. The molecule has 130 valence electrons. The van der Waals surface area contributed by atoms with Crippen LogP contribution < -0.4 is 15.4 Å². The number of rotatable bonds is 6. The molecule has 0 spiro atoms. The molecule has 0 unspecified atom stereocenters. The zero-order valence-corrected chi connectivity index (χ0v) is 16.3. The van der Waals surface area contributed by atoms with Crippen molar-refractivity contribution in [1.82, 2.24) is 10.6 Å². The Kier molecular flexibility index (Phi) is 7.26. The van der Waals surface area contributed by atoms with E-state index in [9.17, 15) is 0 Å².